The SMILES string of the molecule is CCOCC[P+](CC)(CC)CC.CSCCC(=O)[O-]. The summed E-state index contributed by atoms with van der Waals surface area (Å²) in [5, 5.41) is 9.63. The third kappa shape index (κ3) is 13.0. The average Bonchev–Trinajstić information content (AvgIpc) is 2.43. The minimum absolute atomic E-state index is 0.168. The third-order valence-electron chi connectivity index (χ3n) is 3.44. The van der Waals surface area contributed by atoms with E-state index in [0.29, 0.717) is 5.75 Å². The van der Waals surface area contributed by atoms with E-state index in [-0.39, 0.29) is 6.42 Å². The van der Waals surface area contributed by atoms with Crippen LogP contribution >= 0.6 is 19.0 Å². The molecule has 0 aliphatic heterocycles. The maximum absolute atomic E-state index is 9.63. The minimum atomic E-state index is -0.964. The van der Waals surface area contributed by atoms with Crippen LogP contribution in [-0.4, -0.2) is 55.8 Å². The largest absolute Gasteiger partial charge is 0.550 e. The van der Waals surface area contributed by atoms with Gasteiger partial charge in [-0.25, -0.2) is 0 Å². The fraction of sp³-hybridized carbons (Fsp3) is 0.929. The molecule has 19 heavy (non-hydrogen) atoms. The lowest BCUT2D eigenvalue weighted by atomic mass is 10.5. The van der Waals surface area contributed by atoms with Crippen molar-refractivity contribution in [3.05, 3.63) is 0 Å². The normalized spacial score (nSPS) is 10.8. The van der Waals surface area contributed by atoms with Crippen LogP contribution in [0.25, 0.3) is 0 Å². The number of carboxylic acid groups (broad SMARTS) is 1. The molecule has 0 aromatic carbocycles. The first-order valence-electron chi connectivity index (χ1n) is 7.13. The number of hydrogen-bond acceptors (Lipinski definition) is 4. The predicted molar refractivity (Wildman–Crippen MR) is 87.9 cm³/mol. The Hall–Kier alpha value is 0.210. The number of hydrogen-bond donors (Lipinski definition) is 0. The van der Waals surface area contributed by atoms with Gasteiger partial charge < -0.3 is 14.6 Å². The molecule has 0 saturated heterocycles. The van der Waals surface area contributed by atoms with Crippen molar-refractivity contribution in [1.82, 2.24) is 0 Å². The van der Waals surface area contributed by atoms with Crippen molar-refractivity contribution in [2.45, 2.75) is 34.1 Å². The first kappa shape index (κ1) is 21.5. The predicted octanol–water partition coefficient (Wildman–Crippen LogP) is 2.59. The Kier molecular flexibility index (Phi) is 16.5. The van der Waals surface area contributed by atoms with Crippen molar-refractivity contribution in [2.75, 3.05) is 49.9 Å². The quantitative estimate of drug-likeness (QED) is 0.460. The van der Waals surface area contributed by atoms with E-state index in [0.717, 1.165) is 13.2 Å². The lowest BCUT2D eigenvalue weighted by Gasteiger charge is -2.23. The summed E-state index contributed by atoms with van der Waals surface area (Å²) in [6, 6.07) is 0. The van der Waals surface area contributed by atoms with Crippen molar-refractivity contribution in [3.8, 4) is 0 Å². The van der Waals surface area contributed by atoms with Gasteiger partial charge >= 0.3 is 0 Å². The van der Waals surface area contributed by atoms with Crippen molar-refractivity contribution in [1.29, 1.82) is 0 Å². The van der Waals surface area contributed by atoms with Crippen LogP contribution in [0.3, 0.4) is 0 Å². The van der Waals surface area contributed by atoms with Crippen molar-refractivity contribution in [3.63, 3.8) is 0 Å². The number of carboxylic acids is 1. The molecule has 0 radical (unpaired) electrons. The Bertz CT molecular complexity index is 201. The Morgan fingerprint density at radius 3 is 1.95 bits per heavy atom. The van der Waals surface area contributed by atoms with E-state index in [9.17, 15) is 9.90 Å². The molecular formula is C14H31O3PS. The number of carbonyl (C=O) groups is 1. The number of thioether (sulfide) groups is 1. The molecule has 116 valence electrons. The second-order valence-corrected chi connectivity index (χ2v) is 10.3. The van der Waals surface area contributed by atoms with Gasteiger partial charge in [-0.15, -0.1) is 0 Å². The van der Waals surface area contributed by atoms with E-state index in [2.05, 4.69) is 27.7 Å². The van der Waals surface area contributed by atoms with Crippen molar-refractivity contribution < 1.29 is 14.6 Å². The van der Waals surface area contributed by atoms with E-state index in [4.69, 9.17) is 4.74 Å². The summed E-state index contributed by atoms with van der Waals surface area (Å²) in [5.74, 6) is -0.308. The van der Waals surface area contributed by atoms with Gasteiger partial charge in [-0.05, 0) is 46.1 Å². The van der Waals surface area contributed by atoms with Crippen LogP contribution in [0, 0.1) is 0 Å². The minimum Gasteiger partial charge on any atom is -0.550 e. The summed E-state index contributed by atoms with van der Waals surface area (Å²) in [5.41, 5.74) is 0. The number of rotatable bonds is 10. The zero-order chi connectivity index (χ0) is 15.1. The second-order valence-electron chi connectivity index (χ2n) is 4.33. The van der Waals surface area contributed by atoms with E-state index < -0.39 is 13.2 Å². The van der Waals surface area contributed by atoms with E-state index in [1.165, 1.54) is 36.4 Å². The zero-order valence-corrected chi connectivity index (χ0v) is 14.9. The van der Waals surface area contributed by atoms with Crippen molar-refractivity contribution in [2.24, 2.45) is 0 Å². The van der Waals surface area contributed by atoms with Crippen LogP contribution in [0.5, 0.6) is 0 Å². The summed E-state index contributed by atoms with van der Waals surface area (Å²) in [6.45, 7) is 11.0. The van der Waals surface area contributed by atoms with Gasteiger partial charge in [0, 0.05) is 19.8 Å². The molecule has 0 saturated carbocycles. The van der Waals surface area contributed by atoms with Crippen LogP contribution in [0.15, 0.2) is 0 Å². The summed E-state index contributed by atoms with van der Waals surface area (Å²) < 4.78 is 5.42. The topological polar surface area (TPSA) is 49.4 Å². The Morgan fingerprint density at radius 1 is 1.16 bits per heavy atom. The summed E-state index contributed by atoms with van der Waals surface area (Å²) in [7, 11) is -0.594. The average molecular weight is 310 g/mol. The molecule has 5 heteroatoms. The standard InChI is InChI=1S/C10H24OP.C4H8O2S/c1-5-11-9-10-12(6-2,7-3)8-4;1-7-3-2-4(5)6/h5-10H2,1-4H3;2-3H2,1H3,(H,5,6)/q+1;/p-1. The zero-order valence-electron chi connectivity index (χ0n) is 13.2. The van der Waals surface area contributed by atoms with Gasteiger partial charge in [0.15, 0.2) is 0 Å². The highest BCUT2D eigenvalue weighted by molar-refractivity contribution is 7.98. The molecule has 0 aliphatic rings. The molecule has 0 atom stereocenters. The van der Waals surface area contributed by atoms with Gasteiger partial charge in [0.05, 0.1) is 31.3 Å². The van der Waals surface area contributed by atoms with Gasteiger partial charge in [-0.1, -0.05) is 0 Å². The van der Waals surface area contributed by atoms with Crippen LogP contribution in [0.1, 0.15) is 34.1 Å². The van der Waals surface area contributed by atoms with Gasteiger partial charge in [0.1, 0.15) is 0 Å². The molecule has 0 heterocycles. The van der Waals surface area contributed by atoms with Gasteiger partial charge in [-0.2, -0.15) is 11.8 Å². The monoisotopic (exact) mass is 310 g/mol. The summed E-state index contributed by atoms with van der Waals surface area (Å²) in [4.78, 5) is 9.63. The van der Waals surface area contributed by atoms with Gasteiger partial charge in [0.25, 0.3) is 0 Å². The Balaban J connectivity index is 0. The smallest absolute Gasteiger partial charge is 0.0827 e. The van der Waals surface area contributed by atoms with Gasteiger partial charge in [-0.3, -0.25) is 0 Å². The number of aliphatic carboxylic acids is 1. The molecule has 3 nitrogen and oxygen atoms in total. The van der Waals surface area contributed by atoms with E-state index in [1.807, 2.05) is 6.26 Å². The molecule has 0 unspecified atom stereocenters. The van der Waals surface area contributed by atoms with Crippen molar-refractivity contribution >= 4 is 25.0 Å². The van der Waals surface area contributed by atoms with E-state index in [1.54, 1.807) is 0 Å². The molecule has 0 N–H and O–H groups in total. The fourth-order valence-corrected chi connectivity index (χ4v) is 4.91. The molecule has 0 amide bonds. The molecular weight excluding hydrogens is 279 g/mol. The highest BCUT2D eigenvalue weighted by Gasteiger charge is 2.30. The Morgan fingerprint density at radius 2 is 1.68 bits per heavy atom. The maximum atomic E-state index is 9.63. The number of carbonyl (C=O) groups excluding carboxylic acids is 1. The highest BCUT2D eigenvalue weighted by Crippen LogP contribution is 2.57. The van der Waals surface area contributed by atoms with Gasteiger partial charge in [0.2, 0.25) is 0 Å². The number of ether oxygens (including phenoxy) is 1. The third-order valence-corrected chi connectivity index (χ3v) is 9.21. The maximum Gasteiger partial charge on any atom is 0.0827 e. The first-order valence-corrected chi connectivity index (χ1v) is 11.1. The molecule has 0 aromatic heterocycles. The second kappa shape index (κ2) is 14.6. The molecule has 0 aliphatic carbocycles. The molecule has 0 bridgehead atoms. The summed E-state index contributed by atoms with van der Waals surface area (Å²) in [6.07, 6.45) is 7.56. The summed E-state index contributed by atoms with van der Waals surface area (Å²) >= 11 is 1.51. The molecule has 0 fully saturated rings. The Labute approximate surface area is 124 Å². The fourth-order valence-electron chi connectivity index (χ4n) is 1.73. The van der Waals surface area contributed by atoms with Crippen LogP contribution in [-0.2, 0) is 9.53 Å². The van der Waals surface area contributed by atoms with Crippen LogP contribution in [0.4, 0.5) is 0 Å². The molecule has 0 rings (SSSR count). The lowest BCUT2D eigenvalue weighted by molar-refractivity contribution is -0.305. The highest BCUT2D eigenvalue weighted by atomic mass is 32.2. The first-order chi connectivity index (χ1) is 9.01. The van der Waals surface area contributed by atoms with E-state index >= 15 is 0 Å². The van der Waals surface area contributed by atoms with Crippen LogP contribution < -0.4 is 5.11 Å². The molecule has 0 aromatic rings. The molecule has 0 spiro atoms. The van der Waals surface area contributed by atoms with Crippen LogP contribution in [0.2, 0.25) is 0 Å². The lowest BCUT2D eigenvalue weighted by Crippen LogP contribution is -2.22.